The fourth-order valence-corrected chi connectivity index (χ4v) is 7.50. The van der Waals surface area contributed by atoms with Crippen LogP contribution in [0.2, 0.25) is 0 Å². The second kappa shape index (κ2) is 8.19. The Labute approximate surface area is 220 Å². The molecule has 1 amide bonds. The summed E-state index contributed by atoms with van der Waals surface area (Å²) in [4.78, 5) is 42.2. The number of fused-ring (bicyclic) bond motifs is 6. The molecule has 2 aliphatic heterocycles. The summed E-state index contributed by atoms with van der Waals surface area (Å²) in [6.07, 6.45) is 11.4. The highest BCUT2D eigenvalue weighted by Gasteiger charge is 2.45. The van der Waals surface area contributed by atoms with E-state index in [-0.39, 0.29) is 17.0 Å². The van der Waals surface area contributed by atoms with Gasteiger partial charge in [0, 0.05) is 18.3 Å². The van der Waals surface area contributed by atoms with Crippen LogP contribution in [0.15, 0.2) is 29.5 Å². The number of carbonyl (C=O) groups excluding carboxylic acids is 1. The van der Waals surface area contributed by atoms with E-state index in [1.807, 2.05) is 12.4 Å². The SMILES string of the molecule is O=C(CN1CCCC12CCC2)Nc1cnc2c(c1)[nH]c(=O)c1c2nn2cc(-c3cnc4n3CCOC4)sc12. The number of likely N-dealkylation sites (tertiary alicyclic amines) is 1. The fourth-order valence-electron chi connectivity index (χ4n) is 6.40. The Morgan fingerprint density at radius 1 is 1.16 bits per heavy atom. The highest BCUT2D eigenvalue weighted by molar-refractivity contribution is 7.21. The number of carbonyl (C=O) groups is 1. The Balaban J connectivity index is 1.11. The van der Waals surface area contributed by atoms with Gasteiger partial charge in [-0.3, -0.25) is 19.5 Å². The van der Waals surface area contributed by atoms with Gasteiger partial charge in [-0.05, 0) is 44.7 Å². The number of imidazole rings is 1. The number of pyridine rings is 2. The monoisotopic (exact) mass is 530 g/mol. The number of anilines is 1. The van der Waals surface area contributed by atoms with Gasteiger partial charge in [0.2, 0.25) is 5.91 Å². The van der Waals surface area contributed by atoms with Crippen molar-refractivity contribution >= 4 is 49.7 Å². The number of hydrogen-bond donors (Lipinski definition) is 2. The van der Waals surface area contributed by atoms with E-state index in [1.54, 1.807) is 16.8 Å². The van der Waals surface area contributed by atoms with Crippen molar-refractivity contribution in [3.63, 3.8) is 0 Å². The van der Waals surface area contributed by atoms with E-state index in [4.69, 9.17) is 9.84 Å². The normalized spacial score (nSPS) is 18.9. The van der Waals surface area contributed by atoms with Crippen LogP contribution in [0.3, 0.4) is 0 Å². The van der Waals surface area contributed by atoms with Crippen LogP contribution < -0.4 is 10.9 Å². The first kappa shape index (κ1) is 22.4. The molecule has 0 atom stereocenters. The molecule has 2 fully saturated rings. The van der Waals surface area contributed by atoms with Crippen molar-refractivity contribution in [2.45, 2.75) is 50.8 Å². The number of rotatable bonds is 4. The summed E-state index contributed by atoms with van der Waals surface area (Å²) in [5.41, 5.74) is 3.28. The number of H-pyrrole nitrogens is 1. The molecule has 5 aromatic heterocycles. The first-order valence-electron chi connectivity index (χ1n) is 13.1. The molecule has 0 bridgehead atoms. The molecule has 38 heavy (non-hydrogen) atoms. The molecule has 1 saturated carbocycles. The number of nitrogens with zero attached hydrogens (tertiary/aromatic N) is 6. The molecule has 1 saturated heterocycles. The van der Waals surface area contributed by atoms with E-state index in [0.717, 1.165) is 40.7 Å². The third-order valence-corrected chi connectivity index (χ3v) is 9.54. The predicted octanol–water partition coefficient (Wildman–Crippen LogP) is 3.14. The molecule has 3 aliphatic rings. The summed E-state index contributed by atoms with van der Waals surface area (Å²) in [7, 11) is 0. The molecular formula is C26H26N8O3S. The van der Waals surface area contributed by atoms with Gasteiger partial charge in [-0.25, -0.2) is 9.50 Å². The lowest BCUT2D eigenvalue weighted by Crippen LogP contribution is -2.51. The van der Waals surface area contributed by atoms with Gasteiger partial charge < -0.3 is 19.6 Å². The minimum atomic E-state index is -0.228. The molecule has 0 aromatic carbocycles. The van der Waals surface area contributed by atoms with Crippen LogP contribution in [0.4, 0.5) is 5.69 Å². The summed E-state index contributed by atoms with van der Waals surface area (Å²) in [6, 6.07) is 1.77. The first-order valence-corrected chi connectivity index (χ1v) is 13.9. The van der Waals surface area contributed by atoms with Gasteiger partial charge in [-0.1, -0.05) is 0 Å². The van der Waals surface area contributed by atoms with Gasteiger partial charge in [-0.15, -0.1) is 11.3 Å². The molecule has 11 nitrogen and oxygen atoms in total. The lowest BCUT2D eigenvalue weighted by molar-refractivity contribution is -0.119. The van der Waals surface area contributed by atoms with Crippen LogP contribution in [0, 0.1) is 0 Å². The predicted molar refractivity (Wildman–Crippen MR) is 143 cm³/mol. The van der Waals surface area contributed by atoms with E-state index in [0.29, 0.717) is 47.4 Å². The van der Waals surface area contributed by atoms with Crippen molar-refractivity contribution in [1.29, 1.82) is 0 Å². The molecule has 2 N–H and O–H groups in total. The van der Waals surface area contributed by atoms with Crippen molar-refractivity contribution in [3.8, 4) is 10.6 Å². The van der Waals surface area contributed by atoms with Crippen LogP contribution >= 0.6 is 11.3 Å². The number of amides is 1. The molecule has 7 heterocycles. The Bertz CT molecular complexity index is 1810. The third kappa shape index (κ3) is 3.30. The lowest BCUT2D eigenvalue weighted by atomic mass is 9.75. The average molecular weight is 531 g/mol. The van der Waals surface area contributed by atoms with Gasteiger partial charge in [0.15, 0.2) is 0 Å². The maximum absolute atomic E-state index is 13.2. The number of aromatic nitrogens is 6. The largest absolute Gasteiger partial charge is 0.372 e. The van der Waals surface area contributed by atoms with Crippen LogP contribution in [0.5, 0.6) is 0 Å². The Hall–Kier alpha value is -3.61. The molecule has 1 spiro atoms. The molecule has 12 heteroatoms. The second-order valence-corrected chi connectivity index (χ2v) is 11.6. The van der Waals surface area contributed by atoms with Crippen LogP contribution in [-0.2, 0) is 22.7 Å². The molecule has 8 rings (SSSR count). The van der Waals surface area contributed by atoms with Crippen molar-refractivity contribution in [3.05, 3.63) is 40.8 Å². The van der Waals surface area contributed by atoms with Crippen LogP contribution in [-0.4, -0.2) is 65.2 Å². The molecule has 1 aliphatic carbocycles. The van der Waals surface area contributed by atoms with Crippen LogP contribution in [0.25, 0.3) is 37.3 Å². The molecule has 0 radical (unpaired) electrons. The van der Waals surface area contributed by atoms with Crippen molar-refractivity contribution in [1.82, 2.24) is 34.0 Å². The molecule has 0 unspecified atom stereocenters. The highest BCUT2D eigenvalue weighted by Crippen LogP contribution is 2.45. The van der Waals surface area contributed by atoms with E-state index in [9.17, 15) is 9.59 Å². The summed E-state index contributed by atoms with van der Waals surface area (Å²) < 4.78 is 9.41. The minimum Gasteiger partial charge on any atom is -0.372 e. The zero-order valence-corrected chi connectivity index (χ0v) is 21.5. The van der Waals surface area contributed by atoms with Crippen molar-refractivity contribution < 1.29 is 9.53 Å². The van der Waals surface area contributed by atoms with Crippen molar-refractivity contribution in [2.24, 2.45) is 0 Å². The number of ether oxygens (including phenoxy) is 1. The number of nitrogens with one attached hydrogen (secondary N) is 2. The summed E-state index contributed by atoms with van der Waals surface area (Å²) in [6.45, 7) is 3.27. The van der Waals surface area contributed by atoms with Gasteiger partial charge in [0.25, 0.3) is 5.56 Å². The lowest BCUT2D eigenvalue weighted by Gasteiger charge is -2.45. The molecule has 194 valence electrons. The van der Waals surface area contributed by atoms with E-state index < -0.39 is 0 Å². The third-order valence-electron chi connectivity index (χ3n) is 8.42. The van der Waals surface area contributed by atoms with Gasteiger partial charge in [0.05, 0.1) is 47.3 Å². The number of aromatic amines is 1. The zero-order valence-electron chi connectivity index (χ0n) is 20.7. The maximum atomic E-state index is 13.2. The van der Waals surface area contributed by atoms with E-state index in [2.05, 4.69) is 29.7 Å². The summed E-state index contributed by atoms with van der Waals surface area (Å²) in [5.74, 6) is 0.854. The Morgan fingerprint density at radius 3 is 2.92 bits per heavy atom. The summed E-state index contributed by atoms with van der Waals surface area (Å²) >= 11 is 1.51. The van der Waals surface area contributed by atoms with Gasteiger partial charge in [-0.2, -0.15) is 5.10 Å². The topological polar surface area (TPSA) is 122 Å². The average Bonchev–Trinajstić information content (AvgIpc) is 3.64. The molecular weight excluding hydrogens is 504 g/mol. The van der Waals surface area contributed by atoms with E-state index >= 15 is 0 Å². The van der Waals surface area contributed by atoms with Gasteiger partial charge >= 0.3 is 0 Å². The van der Waals surface area contributed by atoms with Crippen molar-refractivity contribution in [2.75, 3.05) is 25.0 Å². The molecule has 5 aromatic rings. The fraction of sp³-hybridized carbons (Fsp3) is 0.423. The minimum absolute atomic E-state index is 0.0496. The second-order valence-electron chi connectivity index (χ2n) is 10.6. The number of hydrogen-bond acceptors (Lipinski definition) is 8. The number of thiazole rings is 1. The van der Waals surface area contributed by atoms with E-state index in [1.165, 1.54) is 37.0 Å². The smallest absolute Gasteiger partial charge is 0.261 e. The quantitative estimate of drug-likeness (QED) is 0.366. The maximum Gasteiger partial charge on any atom is 0.261 e. The van der Waals surface area contributed by atoms with Crippen LogP contribution in [0.1, 0.15) is 37.9 Å². The standard InChI is InChI=1S/C26H26N8O3S/c35-20(13-32-6-2-5-26(32)3-1-4-26)29-15-9-16-22(28-10-15)23-21(24(36)30-16)25-34(31-23)12-18(38-25)17-11-27-19-14-37-8-7-33(17)19/h9-12H,1-8,13-14H2,(H,29,35)(H,30,36). The summed E-state index contributed by atoms with van der Waals surface area (Å²) in [5, 5.41) is 8.23. The Kier molecular flexibility index (Phi) is 4.83. The zero-order chi connectivity index (χ0) is 25.4. The first-order chi connectivity index (χ1) is 18.6. The van der Waals surface area contributed by atoms with Gasteiger partial charge in [0.1, 0.15) is 33.7 Å². The Morgan fingerprint density at radius 2 is 2.05 bits per heavy atom. The highest BCUT2D eigenvalue weighted by atomic mass is 32.1.